The van der Waals surface area contributed by atoms with Crippen molar-refractivity contribution in [2.45, 2.75) is 20.3 Å². The molecule has 0 atom stereocenters. The third kappa shape index (κ3) is 1.78. The number of carbonyl (C=O) groups excluding carboxylic acids is 1. The number of rotatable bonds is 2. The molecular formula is C15H11F2NO2. The normalized spacial score (nSPS) is 11.7. The molecule has 0 amide bonds. The van der Waals surface area contributed by atoms with E-state index < -0.39 is 6.43 Å². The summed E-state index contributed by atoms with van der Waals surface area (Å²) in [7, 11) is 0. The smallest absolute Gasteiger partial charge is 0.267 e. The van der Waals surface area contributed by atoms with Crippen molar-refractivity contribution >= 4 is 27.9 Å². The van der Waals surface area contributed by atoms with Gasteiger partial charge in [0.05, 0.1) is 11.1 Å². The Morgan fingerprint density at radius 2 is 2.05 bits per heavy atom. The molecule has 3 rings (SSSR count). The zero-order valence-corrected chi connectivity index (χ0v) is 10.9. The van der Waals surface area contributed by atoms with Gasteiger partial charge in [0.1, 0.15) is 11.1 Å². The maximum Gasteiger partial charge on any atom is 0.267 e. The van der Waals surface area contributed by atoms with Crippen molar-refractivity contribution < 1.29 is 18.0 Å². The molecule has 0 spiro atoms. The molecule has 1 aromatic carbocycles. The monoisotopic (exact) mass is 275 g/mol. The zero-order valence-electron chi connectivity index (χ0n) is 10.9. The van der Waals surface area contributed by atoms with Gasteiger partial charge in [-0.2, -0.15) is 0 Å². The van der Waals surface area contributed by atoms with Gasteiger partial charge in [-0.05, 0) is 37.6 Å². The Balaban J connectivity index is 2.51. The minimum Gasteiger partial charge on any atom is -0.453 e. The highest BCUT2D eigenvalue weighted by Crippen LogP contribution is 2.35. The first-order valence-electron chi connectivity index (χ1n) is 6.10. The van der Waals surface area contributed by atoms with E-state index in [1.54, 1.807) is 12.1 Å². The molecule has 102 valence electrons. The summed E-state index contributed by atoms with van der Waals surface area (Å²) in [5.74, 6) is -0.170. The van der Waals surface area contributed by atoms with Crippen molar-refractivity contribution in [2.75, 3.05) is 0 Å². The second-order valence-corrected chi connectivity index (χ2v) is 4.73. The number of alkyl halides is 2. The summed E-state index contributed by atoms with van der Waals surface area (Å²) in [6.07, 6.45) is -1.32. The van der Waals surface area contributed by atoms with E-state index in [1.807, 2.05) is 6.92 Å². The fraction of sp³-hybridized carbons (Fsp3) is 0.200. The Hall–Kier alpha value is -2.30. The van der Waals surface area contributed by atoms with E-state index in [4.69, 9.17) is 4.42 Å². The van der Waals surface area contributed by atoms with Gasteiger partial charge in [-0.3, -0.25) is 9.78 Å². The highest BCUT2D eigenvalue weighted by Gasteiger charge is 2.20. The van der Waals surface area contributed by atoms with Gasteiger partial charge in [-0.25, -0.2) is 8.78 Å². The van der Waals surface area contributed by atoms with Gasteiger partial charge >= 0.3 is 0 Å². The molecule has 0 bridgehead atoms. The highest BCUT2D eigenvalue weighted by molar-refractivity contribution is 6.12. The van der Waals surface area contributed by atoms with Gasteiger partial charge in [0, 0.05) is 11.6 Å². The summed E-state index contributed by atoms with van der Waals surface area (Å²) < 4.78 is 31.5. The quantitative estimate of drug-likeness (QED) is 0.650. The van der Waals surface area contributed by atoms with Gasteiger partial charge < -0.3 is 4.42 Å². The molecule has 5 heteroatoms. The van der Waals surface area contributed by atoms with E-state index in [9.17, 15) is 13.6 Å². The van der Waals surface area contributed by atoms with Crippen LogP contribution in [0, 0.1) is 6.92 Å². The molecule has 3 nitrogen and oxygen atoms in total. The third-order valence-electron chi connectivity index (χ3n) is 3.24. The van der Waals surface area contributed by atoms with Gasteiger partial charge in [-0.1, -0.05) is 0 Å². The molecule has 0 N–H and O–H groups in total. The lowest BCUT2D eigenvalue weighted by Crippen LogP contribution is -1.93. The number of carbonyl (C=O) groups is 1. The van der Waals surface area contributed by atoms with Gasteiger partial charge in [0.15, 0.2) is 11.4 Å². The highest BCUT2D eigenvalue weighted by atomic mass is 19.3. The van der Waals surface area contributed by atoms with Crippen molar-refractivity contribution in [2.24, 2.45) is 0 Å². The summed E-state index contributed by atoms with van der Waals surface area (Å²) in [5.41, 5.74) is 1.76. The minimum atomic E-state index is -2.65. The molecule has 0 aliphatic rings. The Bertz CT molecular complexity index is 837. The zero-order chi connectivity index (χ0) is 14.4. The summed E-state index contributed by atoms with van der Waals surface area (Å²) in [5, 5.41) is 0.590. The van der Waals surface area contributed by atoms with Crippen LogP contribution >= 0.6 is 0 Å². The molecule has 0 fully saturated rings. The largest absolute Gasteiger partial charge is 0.453 e. The first-order chi connectivity index (χ1) is 9.49. The van der Waals surface area contributed by atoms with Crippen LogP contribution in [0.15, 0.2) is 28.8 Å². The number of aromatic nitrogens is 1. The number of benzene rings is 1. The number of nitrogens with zero attached hydrogens (tertiary/aromatic N) is 1. The first-order valence-corrected chi connectivity index (χ1v) is 6.10. The van der Waals surface area contributed by atoms with Crippen molar-refractivity contribution in [3.05, 3.63) is 41.1 Å². The standard InChI is InChI=1S/C15H11F2NO2/c1-7-5-10(8(2)19)13-11(6-7)12-14(20-13)9(15(16)17)3-4-18-12/h3-6,15H,1-2H3. The number of Topliss-reactive ketones (excluding diaryl/α,β-unsaturated/α-hetero) is 1. The predicted molar refractivity (Wildman–Crippen MR) is 71.2 cm³/mol. The van der Waals surface area contributed by atoms with E-state index >= 15 is 0 Å². The maximum atomic E-state index is 13.0. The van der Waals surface area contributed by atoms with Crippen LogP contribution in [0.1, 0.15) is 34.8 Å². The predicted octanol–water partition coefficient (Wildman–Crippen LogP) is 4.43. The second kappa shape index (κ2) is 4.37. The summed E-state index contributed by atoms with van der Waals surface area (Å²) in [6, 6.07) is 4.71. The maximum absolute atomic E-state index is 13.0. The Kier molecular flexibility index (Phi) is 2.78. The molecule has 0 saturated heterocycles. The molecule has 0 unspecified atom stereocenters. The fourth-order valence-corrected chi connectivity index (χ4v) is 2.36. The number of halogens is 2. The number of fused-ring (bicyclic) bond motifs is 3. The van der Waals surface area contributed by atoms with Crippen LogP contribution in [0.2, 0.25) is 0 Å². The molecule has 3 aromatic rings. The van der Waals surface area contributed by atoms with Crippen LogP contribution in [0.5, 0.6) is 0 Å². The number of aryl methyl sites for hydroxylation is 1. The molecule has 0 radical (unpaired) electrons. The van der Waals surface area contributed by atoms with E-state index in [2.05, 4.69) is 4.98 Å². The second-order valence-electron chi connectivity index (χ2n) is 4.73. The van der Waals surface area contributed by atoms with Crippen molar-refractivity contribution in [3.8, 4) is 0 Å². The van der Waals surface area contributed by atoms with Crippen LogP contribution < -0.4 is 0 Å². The van der Waals surface area contributed by atoms with E-state index in [0.29, 0.717) is 22.0 Å². The average Bonchev–Trinajstić information content (AvgIpc) is 2.75. The SMILES string of the molecule is CC(=O)c1cc(C)cc2c1oc1c(C(F)F)ccnc12. The number of ketones is 1. The average molecular weight is 275 g/mol. The molecule has 0 aliphatic carbocycles. The summed E-state index contributed by atoms with van der Waals surface area (Å²) in [4.78, 5) is 15.8. The van der Waals surface area contributed by atoms with Crippen LogP contribution in [0.3, 0.4) is 0 Å². The Morgan fingerprint density at radius 1 is 1.30 bits per heavy atom. The van der Waals surface area contributed by atoms with E-state index in [0.717, 1.165) is 5.56 Å². The molecule has 20 heavy (non-hydrogen) atoms. The number of hydrogen-bond donors (Lipinski definition) is 0. The summed E-state index contributed by atoms with van der Waals surface area (Å²) >= 11 is 0. The first kappa shape index (κ1) is 12.7. The van der Waals surface area contributed by atoms with Gasteiger partial charge in [-0.15, -0.1) is 0 Å². The van der Waals surface area contributed by atoms with Crippen LogP contribution in [0.4, 0.5) is 8.78 Å². The Labute approximate surface area is 113 Å². The fourth-order valence-electron chi connectivity index (χ4n) is 2.36. The molecule has 0 saturated carbocycles. The van der Waals surface area contributed by atoms with Crippen LogP contribution in [-0.2, 0) is 0 Å². The van der Waals surface area contributed by atoms with Crippen LogP contribution in [-0.4, -0.2) is 10.8 Å². The number of hydrogen-bond acceptors (Lipinski definition) is 3. The van der Waals surface area contributed by atoms with Crippen LogP contribution in [0.25, 0.3) is 22.1 Å². The van der Waals surface area contributed by atoms with E-state index in [-0.39, 0.29) is 16.9 Å². The third-order valence-corrected chi connectivity index (χ3v) is 3.24. The molecule has 0 aliphatic heterocycles. The molecule has 2 aromatic heterocycles. The molecule has 2 heterocycles. The van der Waals surface area contributed by atoms with Gasteiger partial charge in [0.2, 0.25) is 0 Å². The number of pyridine rings is 1. The van der Waals surface area contributed by atoms with Crippen molar-refractivity contribution in [1.29, 1.82) is 0 Å². The number of furan rings is 1. The Morgan fingerprint density at radius 3 is 2.70 bits per heavy atom. The lowest BCUT2D eigenvalue weighted by molar-refractivity contribution is 0.101. The minimum absolute atomic E-state index is 0.0469. The van der Waals surface area contributed by atoms with Gasteiger partial charge in [0.25, 0.3) is 6.43 Å². The molecular weight excluding hydrogens is 264 g/mol. The lowest BCUT2D eigenvalue weighted by Gasteiger charge is -1.99. The van der Waals surface area contributed by atoms with Crippen molar-refractivity contribution in [3.63, 3.8) is 0 Å². The van der Waals surface area contributed by atoms with Crippen molar-refractivity contribution in [1.82, 2.24) is 4.98 Å². The summed E-state index contributed by atoms with van der Waals surface area (Å²) in [6.45, 7) is 3.25. The topological polar surface area (TPSA) is 43.1 Å². The lowest BCUT2D eigenvalue weighted by atomic mass is 10.0. The van der Waals surface area contributed by atoms with E-state index in [1.165, 1.54) is 19.2 Å².